The zero-order valence-corrected chi connectivity index (χ0v) is 16.7. The van der Waals surface area contributed by atoms with E-state index in [4.69, 9.17) is 4.74 Å². The molecule has 0 spiro atoms. The van der Waals surface area contributed by atoms with Gasteiger partial charge in [0.1, 0.15) is 0 Å². The molecule has 2 heterocycles. The van der Waals surface area contributed by atoms with Crippen molar-refractivity contribution in [2.75, 3.05) is 26.2 Å². The maximum absolute atomic E-state index is 12.5. The Morgan fingerprint density at radius 2 is 2.18 bits per heavy atom. The molecular formula is C22H30N4O2. The van der Waals surface area contributed by atoms with Crippen molar-refractivity contribution in [1.29, 1.82) is 0 Å². The average molecular weight is 383 g/mol. The van der Waals surface area contributed by atoms with Gasteiger partial charge in [0.25, 0.3) is 0 Å². The normalized spacial score (nSPS) is 17.6. The van der Waals surface area contributed by atoms with Crippen molar-refractivity contribution in [1.82, 2.24) is 20.5 Å². The molecule has 3 rings (SSSR count). The van der Waals surface area contributed by atoms with Crippen molar-refractivity contribution in [3.8, 4) is 0 Å². The zero-order valence-electron chi connectivity index (χ0n) is 16.7. The van der Waals surface area contributed by atoms with Crippen LogP contribution in [-0.2, 0) is 22.7 Å². The third-order valence-electron chi connectivity index (χ3n) is 4.83. The Labute approximate surface area is 167 Å². The number of hydrogen-bond donors (Lipinski definition) is 2. The van der Waals surface area contributed by atoms with Crippen LogP contribution in [0.1, 0.15) is 36.6 Å². The van der Waals surface area contributed by atoms with E-state index in [9.17, 15) is 4.79 Å². The number of nitrogens with zero attached hydrogens (tertiary/aromatic N) is 2. The van der Waals surface area contributed by atoms with Crippen molar-refractivity contribution in [2.24, 2.45) is 0 Å². The Morgan fingerprint density at radius 3 is 2.96 bits per heavy atom. The molecule has 6 heteroatoms. The van der Waals surface area contributed by atoms with E-state index in [1.165, 1.54) is 0 Å². The first kappa shape index (κ1) is 20.5. The number of amides is 1. The fraction of sp³-hybridized carbons (Fsp3) is 0.455. The molecular weight excluding hydrogens is 352 g/mol. The Kier molecular flexibility index (Phi) is 7.54. The van der Waals surface area contributed by atoms with E-state index in [1.807, 2.05) is 44.3 Å². The lowest BCUT2D eigenvalue weighted by Crippen LogP contribution is -2.49. The molecule has 1 amide bonds. The van der Waals surface area contributed by atoms with Crippen LogP contribution in [-0.4, -0.2) is 48.1 Å². The van der Waals surface area contributed by atoms with E-state index < -0.39 is 0 Å². The van der Waals surface area contributed by atoms with E-state index >= 15 is 0 Å². The van der Waals surface area contributed by atoms with Gasteiger partial charge in [-0.25, -0.2) is 0 Å². The number of rotatable bonds is 8. The molecule has 2 aromatic rings. The van der Waals surface area contributed by atoms with Gasteiger partial charge in [-0.05, 0) is 36.6 Å². The number of aromatic nitrogens is 1. The standard InChI is InChI=1S/C22H30N4O2/c1-17(2)28-16-19-6-3-5-18(11-19)12-25-22(27)15-26-10-9-24-14-21(26)20-7-4-8-23-13-20/h3-8,11,13,17,21,24H,9-10,12,14-16H2,1-2H3,(H,25,27). The lowest BCUT2D eigenvalue weighted by molar-refractivity contribution is -0.123. The van der Waals surface area contributed by atoms with Crippen LogP contribution in [0.4, 0.5) is 0 Å². The predicted molar refractivity (Wildman–Crippen MR) is 110 cm³/mol. The summed E-state index contributed by atoms with van der Waals surface area (Å²) >= 11 is 0. The maximum Gasteiger partial charge on any atom is 0.234 e. The molecule has 1 aliphatic rings. The highest BCUT2D eigenvalue weighted by Gasteiger charge is 2.25. The second-order valence-corrected chi connectivity index (χ2v) is 7.43. The average Bonchev–Trinajstić information content (AvgIpc) is 2.72. The van der Waals surface area contributed by atoms with E-state index in [0.29, 0.717) is 19.7 Å². The van der Waals surface area contributed by atoms with Crippen molar-refractivity contribution >= 4 is 5.91 Å². The molecule has 150 valence electrons. The molecule has 1 unspecified atom stereocenters. The van der Waals surface area contributed by atoms with Gasteiger partial charge in [-0.15, -0.1) is 0 Å². The summed E-state index contributed by atoms with van der Waals surface area (Å²) in [5, 5.41) is 6.46. The van der Waals surface area contributed by atoms with Gasteiger partial charge in [0.2, 0.25) is 5.91 Å². The number of nitrogens with one attached hydrogen (secondary N) is 2. The Bertz CT molecular complexity index is 751. The second kappa shape index (κ2) is 10.3. The lowest BCUT2D eigenvalue weighted by Gasteiger charge is -2.35. The minimum absolute atomic E-state index is 0.0413. The number of piperazine rings is 1. The monoisotopic (exact) mass is 382 g/mol. The molecule has 1 aliphatic heterocycles. The first-order valence-electron chi connectivity index (χ1n) is 9.92. The van der Waals surface area contributed by atoms with Crippen LogP contribution in [0.25, 0.3) is 0 Å². The first-order chi connectivity index (χ1) is 13.6. The number of ether oxygens (including phenoxy) is 1. The minimum Gasteiger partial charge on any atom is -0.374 e. The maximum atomic E-state index is 12.5. The zero-order chi connectivity index (χ0) is 19.8. The third-order valence-corrected chi connectivity index (χ3v) is 4.83. The van der Waals surface area contributed by atoms with Crippen LogP contribution in [0, 0.1) is 0 Å². The van der Waals surface area contributed by atoms with Gasteiger partial charge >= 0.3 is 0 Å². The van der Waals surface area contributed by atoms with Gasteiger partial charge in [-0.2, -0.15) is 0 Å². The number of carbonyl (C=O) groups excluding carboxylic acids is 1. The van der Waals surface area contributed by atoms with Crippen molar-refractivity contribution in [3.05, 3.63) is 65.5 Å². The predicted octanol–water partition coefficient (Wildman–Crippen LogP) is 2.27. The summed E-state index contributed by atoms with van der Waals surface area (Å²) in [6, 6.07) is 12.4. The summed E-state index contributed by atoms with van der Waals surface area (Å²) in [7, 11) is 0. The smallest absolute Gasteiger partial charge is 0.234 e. The number of carbonyl (C=O) groups is 1. The van der Waals surface area contributed by atoms with Gasteiger partial charge < -0.3 is 15.4 Å². The summed E-state index contributed by atoms with van der Waals surface area (Å²) in [5.74, 6) is 0.0413. The molecule has 6 nitrogen and oxygen atoms in total. The van der Waals surface area contributed by atoms with Gasteiger partial charge in [0.15, 0.2) is 0 Å². The minimum atomic E-state index is 0.0413. The van der Waals surface area contributed by atoms with E-state index in [0.717, 1.165) is 36.3 Å². The van der Waals surface area contributed by atoms with Crippen LogP contribution in [0.15, 0.2) is 48.8 Å². The van der Waals surface area contributed by atoms with E-state index in [2.05, 4.69) is 32.7 Å². The van der Waals surface area contributed by atoms with Gasteiger partial charge in [-0.3, -0.25) is 14.7 Å². The van der Waals surface area contributed by atoms with Crippen LogP contribution < -0.4 is 10.6 Å². The molecule has 1 saturated heterocycles. The molecule has 1 aromatic carbocycles. The van der Waals surface area contributed by atoms with Crippen molar-refractivity contribution in [2.45, 2.75) is 39.1 Å². The number of benzene rings is 1. The van der Waals surface area contributed by atoms with E-state index in [1.54, 1.807) is 6.20 Å². The van der Waals surface area contributed by atoms with Crippen LogP contribution in [0.3, 0.4) is 0 Å². The summed E-state index contributed by atoms with van der Waals surface area (Å²) in [6.07, 6.45) is 3.86. The summed E-state index contributed by atoms with van der Waals surface area (Å²) < 4.78 is 5.66. The highest BCUT2D eigenvalue weighted by molar-refractivity contribution is 5.78. The third kappa shape index (κ3) is 6.12. The topological polar surface area (TPSA) is 66.5 Å². The van der Waals surface area contributed by atoms with E-state index in [-0.39, 0.29) is 18.1 Å². The molecule has 1 atom stereocenters. The second-order valence-electron chi connectivity index (χ2n) is 7.43. The molecule has 1 aromatic heterocycles. The highest BCUT2D eigenvalue weighted by Crippen LogP contribution is 2.20. The Morgan fingerprint density at radius 1 is 1.32 bits per heavy atom. The quantitative estimate of drug-likeness (QED) is 0.733. The first-order valence-corrected chi connectivity index (χ1v) is 9.92. The Hall–Kier alpha value is -2.28. The van der Waals surface area contributed by atoms with Crippen LogP contribution in [0.5, 0.6) is 0 Å². The molecule has 0 bridgehead atoms. The van der Waals surface area contributed by atoms with Gasteiger partial charge in [0, 0.05) is 44.6 Å². The molecule has 0 saturated carbocycles. The van der Waals surface area contributed by atoms with Gasteiger partial charge in [0.05, 0.1) is 19.3 Å². The molecule has 1 fully saturated rings. The molecule has 0 aliphatic carbocycles. The fourth-order valence-corrected chi connectivity index (χ4v) is 3.37. The van der Waals surface area contributed by atoms with Crippen molar-refractivity contribution in [3.63, 3.8) is 0 Å². The molecule has 2 N–H and O–H groups in total. The number of pyridine rings is 1. The van der Waals surface area contributed by atoms with Crippen molar-refractivity contribution < 1.29 is 9.53 Å². The lowest BCUT2D eigenvalue weighted by atomic mass is 10.1. The fourth-order valence-electron chi connectivity index (χ4n) is 3.37. The summed E-state index contributed by atoms with van der Waals surface area (Å²) in [4.78, 5) is 19.0. The SMILES string of the molecule is CC(C)OCc1cccc(CNC(=O)CN2CCNCC2c2cccnc2)c1. The van der Waals surface area contributed by atoms with Gasteiger partial charge in [-0.1, -0.05) is 30.3 Å². The largest absolute Gasteiger partial charge is 0.374 e. The summed E-state index contributed by atoms with van der Waals surface area (Å²) in [5.41, 5.74) is 3.35. The highest BCUT2D eigenvalue weighted by atomic mass is 16.5. The number of hydrogen-bond acceptors (Lipinski definition) is 5. The van der Waals surface area contributed by atoms with Crippen LogP contribution >= 0.6 is 0 Å². The molecule has 28 heavy (non-hydrogen) atoms. The summed E-state index contributed by atoms with van der Waals surface area (Å²) in [6.45, 7) is 8.12. The molecule has 0 radical (unpaired) electrons. The Balaban J connectivity index is 1.53. The van der Waals surface area contributed by atoms with Crippen LogP contribution in [0.2, 0.25) is 0 Å².